The molecule has 0 aromatic heterocycles. The van der Waals surface area contributed by atoms with Crippen molar-refractivity contribution < 1.29 is 17.9 Å². The Morgan fingerprint density at radius 3 is 2.59 bits per heavy atom. The summed E-state index contributed by atoms with van der Waals surface area (Å²) in [5.74, 6) is 0.811. The van der Waals surface area contributed by atoms with E-state index in [1.165, 1.54) is 19.2 Å². The van der Waals surface area contributed by atoms with E-state index in [0.717, 1.165) is 12.5 Å². The number of benzene rings is 1. The van der Waals surface area contributed by atoms with Gasteiger partial charge in [-0.05, 0) is 30.0 Å². The van der Waals surface area contributed by atoms with Crippen molar-refractivity contribution in [1.82, 2.24) is 5.32 Å². The molecule has 0 aliphatic heterocycles. The standard InChI is InChI=1S/C15H22F3N3O/c1-10(2)6-7-20-14(19)21-9-11-4-5-12(22-3)8-13(11)15(16,17)18/h4-5,8,10H,6-7,9H2,1-3H3,(H3,19,20,21). The maximum absolute atomic E-state index is 13.0. The molecule has 0 radical (unpaired) electrons. The summed E-state index contributed by atoms with van der Waals surface area (Å²) in [7, 11) is 1.32. The van der Waals surface area contributed by atoms with Crippen LogP contribution in [0, 0.1) is 5.92 Å². The Balaban J connectivity index is 2.80. The van der Waals surface area contributed by atoms with Gasteiger partial charge >= 0.3 is 6.18 Å². The number of nitrogens with one attached hydrogen (secondary N) is 1. The number of halogens is 3. The molecule has 0 saturated carbocycles. The van der Waals surface area contributed by atoms with Crippen LogP contribution in [-0.4, -0.2) is 19.6 Å². The first-order valence-electron chi connectivity index (χ1n) is 7.02. The SMILES string of the molecule is COc1ccc(CN=C(N)NCCC(C)C)c(C(F)(F)F)c1. The summed E-state index contributed by atoms with van der Waals surface area (Å²) in [6, 6.07) is 3.79. The lowest BCUT2D eigenvalue weighted by Crippen LogP contribution is -2.33. The van der Waals surface area contributed by atoms with E-state index in [0.29, 0.717) is 12.5 Å². The molecule has 4 nitrogen and oxygen atoms in total. The summed E-state index contributed by atoms with van der Waals surface area (Å²) in [5.41, 5.74) is 4.95. The Morgan fingerprint density at radius 1 is 1.36 bits per heavy atom. The Bertz CT molecular complexity index is 513. The van der Waals surface area contributed by atoms with Crippen LogP contribution < -0.4 is 15.8 Å². The van der Waals surface area contributed by atoms with E-state index in [4.69, 9.17) is 10.5 Å². The van der Waals surface area contributed by atoms with Gasteiger partial charge in [0.1, 0.15) is 5.75 Å². The minimum Gasteiger partial charge on any atom is -0.497 e. The number of methoxy groups -OCH3 is 1. The molecular formula is C15H22F3N3O. The van der Waals surface area contributed by atoms with E-state index in [1.807, 2.05) is 0 Å². The summed E-state index contributed by atoms with van der Waals surface area (Å²) >= 11 is 0. The third-order valence-corrected chi connectivity index (χ3v) is 3.07. The summed E-state index contributed by atoms with van der Waals surface area (Å²) in [4.78, 5) is 3.96. The molecule has 124 valence electrons. The first-order chi connectivity index (χ1) is 10.2. The van der Waals surface area contributed by atoms with Gasteiger partial charge in [-0.2, -0.15) is 13.2 Å². The van der Waals surface area contributed by atoms with Crippen molar-refractivity contribution in [3.05, 3.63) is 29.3 Å². The summed E-state index contributed by atoms with van der Waals surface area (Å²) in [6.45, 7) is 4.64. The molecule has 1 aromatic carbocycles. The van der Waals surface area contributed by atoms with Crippen molar-refractivity contribution >= 4 is 5.96 Å². The highest BCUT2D eigenvalue weighted by atomic mass is 19.4. The molecule has 0 spiro atoms. The molecule has 0 heterocycles. The van der Waals surface area contributed by atoms with Gasteiger partial charge < -0.3 is 15.8 Å². The second-order valence-corrected chi connectivity index (χ2v) is 5.33. The molecule has 3 N–H and O–H groups in total. The molecule has 7 heteroatoms. The van der Waals surface area contributed by atoms with E-state index in [-0.39, 0.29) is 23.8 Å². The fourth-order valence-electron chi connectivity index (χ4n) is 1.80. The zero-order valence-electron chi connectivity index (χ0n) is 13.0. The molecular weight excluding hydrogens is 295 g/mol. The Morgan fingerprint density at radius 2 is 2.05 bits per heavy atom. The summed E-state index contributed by atoms with van der Waals surface area (Å²) < 4.78 is 43.9. The van der Waals surface area contributed by atoms with Crippen LogP contribution in [0.1, 0.15) is 31.4 Å². The smallest absolute Gasteiger partial charge is 0.416 e. The predicted molar refractivity (Wildman–Crippen MR) is 80.8 cm³/mol. The minimum atomic E-state index is -4.46. The van der Waals surface area contributed by atoms with E-state index < -0.39 is 11.7 Å². The maximum Gasteiger partial charge on any atom is 0.416 e. The van der Waals surface area contributed by atoms with Crippen LogP contribution >= 0.6 is 0 Å². The largest absolute Gasteiger partial charge is 0.497 e. The number of rotatable bonds is 6. The van der Waals surface area contributed by atoms with Crippen molar-refractivity contribution in [2.45, 2.75) is 33.0 Å². The van der Waals surface area contributed by atoms with Crippen LogP contribution in [-0.2, 0) is 12.7 Å². The van der Waals surface area contributed by atoms with Gasteiger partial charge in [0, 0.05) is 6.54 Å². The maximum atomic E-state index is 13.0. The Kier molecular flexibility index (Phi) is 6.52. The zero-order chi connectivity index (χ0) is 16.8. The van der Waals surface area contributed by atoms with Crippen molar-refractivity contribution in [1.29, 1.82) is 0 Å². The highest BCUT2D eigenvalue weighted by Gasteiger charge is 2.33. The lowest BCUT2D eigenvalue weighted by Gasteiger charge is -2.13. The summed E-state index contributed by atoms with van der Waals surface area (Å²) in [5, 5.41) is 2.89. The molecule has 22 heavy (non-hydrogen) atoms. The van der Waals surface area contributed by atoms with Gasteiger partial charge in [-0.25, -0.2) is 4.99 Å². The van der Waals surface area contributed by atoms with E-state index in [1.54, 1.807) is 0 Å². The predicted octanol–water partition coefficient (Wildman–Crippen LogP) is 3.16. The third-order valence-electron chi connectivity index (χ3n) is 3.07. The average Bonchev–Trinajstić information content (AvgIpc) is 2.43. The highest BCUT2D eigenvalue weighted by Crippen LogP contribution is 2.34. The van der Waals surface area contributed by atoms with Crippen molar-refractivity contribution in [2.75, 3.05) is 13.7 Å². The fourth-order valence-corrected chi connectivity index (χ4v) is 1.80. The highest BCUT2D eigenvalue weighted by molar-refractivity contribution is 5.77. The Labute approximate surface area is 128 Å². The molecule has 0 aliphatic carbocycles. The molecule has 0 unspecified atom stereocenters. The van der Waals surface area contributed by atoms with Crippen LogP contribution in [0.25, 0.3) is 0 Å². The molecule has 0 bridgehead atoms. The molecule has 1 rings (SSSR count). The normalized spacial score (nSPS) is 12.6. The van der Waals surface area contributed by atoms with Crippen LogP contribution in [0.4, 0.5) is 13.2 Å². The van der Waals surface area contributed by atoms with Crippen LogP contribution in [0.2, 0.25) is 0 Å². The van der Waals surface area contributed by atoms with Gasteiger partial charge in [-0.1, -0.05) is 19.9 Å². The van der Waals surface area contributed by atoms with Gasteiger partial charge in [-0.3, -0.25) is 0 Å². The second-order valence-electron chi connectivity index (χ2n) is 5.33. The number of hydrogen-bond acceptors (Lipinski definition) is 2. The Hall–Kier alpha value is -1.92. The third kappa shape index (κ3) is 5.83. The molecule has 0 aliphatic rings. The van der Waals surface area contributed by atoms with E-state index in [9.17, 15) is 13.2 Å². The average molecular weight is 317 g/mol. The number of nitrogens with zero attached hydrogens (tertiary/aromatic N) is 1. The molecule has 0 fully saturated rings. The van der Waals surface area contributed by atoms with Gasteiger partial charge in [-0.15, -0.1) is 0 Å². The van der Waals surface area contributed by atoms with Crippen molar-refractivity contribution in [3.63, 3.8) is 0 Å². The number of hydrogen-bond donors (Lipinski definition) is 2. The fraction of sp³-hybridized carbons (Fsp3) is 0.533. The number of ether oxygens (including phenoxy) is 1. The van der Waals surface area contributed by atoms with Crippen LogP contribution in [0.3, 0.4) is 0 Å². The van der Waals surface area contributed by atoms with Crippen molar-refractivity contribution in [2.24, 2.45) is 16.6 Å². The van der Waals surface area contributed by atoms with Crippen molar-refractivity contribution in [3.8, 4) is 5.75 Å². The van der Waals surface area contributed by atoms with E-state index >= 15 is 0 Å². The zero-order valence-corrected chi connectivity index (χ0v) is 13.0. The molecule has 0 saturated heterocycles. The lowest BCUT2D eigenvalue weighted by atomic mass is 10.1. The molecule has 0 amide bonds. The molecule has 0 atom stereocenters. The number of alkyl halides is 3. The second kappa shape index (κ2) is 7.91. The number of guanidine groups is 1. The van der Waals surface area contributed by atoms with Gasteiger partial charge in [0.2, 0.25) is 0 Å². The lowest BCUT2D eigenvalue weighted by molar-refractivity contribution is -0.138. The van der Waals surface area contributed by atoms with Crippen LogP contribution in [0.5, 0.6) is 5.75 Å². The number of aliphatic imine (C=N–C) groups is 1. The molecule has 1 aromatic rings. The minimum absolute atomic E-state index is 0.0573. The first-order valence-corrected chi connectivity index (χ1v) is 7.02. The van der Waals surface area contributed by atoms with Gasteiger partial charge in [0.15, 0.2) is 5.96 Å². The number of nitrogens with two attached hydrogens (primary N) is 1. The van der Waals surface area contributed by atoms with Gasteiger partial charge in [0.25, 0.3) is 0 Å². The van der Waals surface area contributed by atoms with Gasteiger partial charge in [0.05, 0.1) is 19.2 Å². The first kappa shape index (κ1) is 18.1. The quantitative estimate of drug-likeness (QED) is 0.626. The topological polar surface area (TPSA) is 59.6 Å². The summed E-state index contributed by atoms with van der Waals surface area (Å²) in [6.07, 6.45) is -3.55. The van der Waals surface area contributed by atoms with E-state index in [2.05, 4.69) is 24.2 Å². The van der Waals surface area contributed by atoms with Crippen LogP contribution in [0.15, 0.2) is 23.2 Å². The monoisotopic (exact) mass is 317 g/mol.